The molecule has 1 N–H and O–H groups in total. The predicted molar refractivity (Wildman–Crippen MR) is 75.1 cm³/mol. The minimum Gasteiger partial charge on any atom is -0.449 e. The number of benzene rings is 1. The molecule has 98 valence electrons. The van der Waals surface area contributed by atoms with E-state index >= 15 is 0 Å². The Morgan fingerprint density at radius 1 is 1.21 bits per heavy atom. The van der Waals surface area contributed by atoms with E-state index in [1.165, 1.54) is 0 Å². The van der Waals surface area contributed by atoms with Crippen molar-refractivity contribution in [3.05, 3.63) is 23.3 Å². The molecule has 1 heterocycles. The molecule has 3 heteroatoms. The number of rotatable bonds is 4. The van der Waals surface area contributed by atoms with Crippen LogP contribution in [-0.4, -0.2) is 18.9 Å². The largest absolute Gasteiger partial charge is 0.449 e. The summed E-state index contributed by atoms with van der Waals surface area (Å²) in [6.45, 7) is 5.08. The van der Waals surface area contributed by atoms with E-state index in [2.05, 4.69) is 17.2 Å². The molecule has 0 saturated carbocycles. The van der Waals surface area contributed by atoms with E-state index in [-0.39, 0.29) is 0 Å². The molecule has 0 aliphatic carbocycles. The minimum absolute atomic E-state index is 0.559. The van der Waals surface area contributed by atoms with Crippen LogP contribution in [0.2, 0.25) is 0 Å². The summed E-state index contributed by atoms with van der Waals surface area (Å²) in [5.41, 5.74) is 1.90. The Morgan fingerprint density at radius 3 is 2.53 bits per heavy atom. The molecule has 1 aromatic rings. The van der Waals surface area contributed by atoms with Crippen LogP contribution in [-0.2, 0) is 6.42 Å². The van der Waals surface area contributed by atoms with Crippen molar-refractivity contribution in [3.8, 4) is 36.2 Å². The van der Waals surface area contributed by atoms with E-state index in [0.717, 1.165) is 29.8 Å². The summed E-state index contributed by atoms with van der Waals surface area (Å²) in [5.74, 6) is 6.05. The van der Waals surface area contributed by atoms with Crippen LogP contribution in [0, 0.1) is 24.7 Å². The third-order valence-electron chi connectivity index (χ3n) is 2.83. The smallest absolute Gasteiger partial charge is 0.246 e. The Bertz CT molecular complexity index is 561. The molecule has 0 bridgehead atoms. The first-order valence-corrected chi connectivity index (χ1v) is 6.21. The fourth-order valence-electron chi connectivity index (χ4n) is 2.04. The number of terminal acetylenes is 2. The van der Waals surface area contributed by atoms with Gasteiger partial charge in [0, 0.05) is 32.0 Å². The highest BCUT2D eigenvalue weighted by Gasteiger charge is 2.32. The normalized spacial score (nSPS) is 14.7. The first-order chi connectivity index (χ1) is 9.05. The van der Waals surface area contributed by atoms with Gasteiger partial charge in [0.2, 0.25) is 5.79 Å². The molecule has 0 unspecified atom stereocenters. The molecule has 1 aromatic carbocycles. The van der Waals surface area contributed by atoms with E-state index in [1.54, 1.807) is 0 Å². The zero-order valence-electron chi connectivity index (χ0n) is 11.2. The van der Waals surface area contributed by atoms with Gasteiger partial charge in [-0.3, -0.25) is 0 Å². The van der Waals surface area contributed by atoms with Gasteiger partial charge in [0.05, 0.1) is 6.54 Å². The molecule has 0 fully saturated rings. The lowest BCUT2D eigenvalue weighted by Crippen LogP contribution is -2.29. The lowest BCUT2D eigenvalue weighted by molar-refractivity contribution is -0.0431. The van der Waals surface area contributed by atoms with Gasteiger partial charge in [0.25, 0.3) is 0 Å². The second-order valence-corrected chi connectivity index (χ2v) is 4.84. The fraction of sp³-hybridized carbons (Fsp3) is 0.375. The molecule has 2 rings (SSSR count). The Hall–Kier alpha value is -2.10. The molecule has 1 aliphatic heterocycles. The Balaban J connectivity index is 2.17. The highest BCUT2D eigenvalue weighted by molar-refractivity contribution is 5.54. The average molecular weight is 255 g/mol. The van der Waals surface area contributed by atoms with Crippen LogP contribution >= 0.6 is 0 Å². The van der Waals surface area contributed by atoms with Gasteiger partial charge >= 0.3 is 0 Å². The fourth-order valence-corrected chi connectivity index (χ4v) is 2.04. The lowest BCUT2D eigenvalue weighted by Gasteiger charge is -2.16. The Labute approximate surface area is 114 Å². The second-order valence-electron chi connectivity index (χ2n) is 4.84. The van der Waals surface area contributed by atoms with Crippen LogP contribution in [0.1, 0.15) is 25.0 Å². The molecule has 0 saturated heterocycles. The van der Waals surface area contributed by atoms with Gasteiger partial charge in [-0.2, -0.15) is 0 Å². The van der Waals surface area contributed by atoms with E-state index in [9.17, 15) is 0 Å². The van der Waals surface area contributed by atoms with Crippen molar-refractivity contribution in [3.63, 3.8) is 0 Å². The average Bonchev–Trinajstić information content (AvgIpc) is 2.66. The lowest BCUT2D eigenvalue weighted by atomic mass is 10.0. The second kappa shape index (κ2) is 5.26. The number of hydrogen-bond acceptors (Lipinski definition) is 3. The number of fused-ring (bicyclic) bond motifs is 1. The van der Waals surface area contributed by atoms with Crippen LogP contribution < -0.4 is 14.8 Å². The molecule has 3 nitrogen and oxygen atoms in total. The molecule has 0 radical (unpaired) electrons. The number of hydrogen-bond donors (Lipinski definition) is 1. The SMILES string of the molecule is C#CCNCCc1cc2c(cc1C#C)OC(C)(C)O2. The quantitative estimate of drug-likeness (QED) is 0.659. The number of nitrogens with one attached hydrogen (secondary N) is 1. The van der Waals surface area contributed by atoms with Gasteiger partial charge in [-0.15, -0.1) is 12.8 Å². The van der Waals surface area contributed by atoms with Crippen LogP contribution in [0.25, 0.3) is 0 Å². The predicted octanol–water partition coefficient (Wildman–Crippen LogP) is 1.94. The van der Waals surface area contributed by atoms with Crippen LogP contribution in [0.15, 0.2) is 12.1 Å². The molecular weight excluding hydrogens is 238 g/mol. The summed E-state index contributed by atoms with van der Waals surface area (Å²) in [7, 11) is 0. The van der Waals surface area contributed by atoms with Gasteiger partial charge < -0.3 is 14.8 Å². The van der Waals surface area contributed by atoms with Gasteiger partial charge in [-0.1, -0.05) is 11.8 Å². The molecule has 0 atom stereocenters. The Kier molecular flexibility index (Phi) is 3.69. The zero-order chi connectivity index (χ0) is 13.9. The van der Waals surface area contributed by atoms with Crippen LogP contribution in [0.5, 0.6) is 11.5 Å². The van der Waals surface area contributed by atoms with Crippen LogP contribution in [0.3, 0.4) is 0 Å². The highest BCUT2D eigenvalue weighted by atomic mass is 16.7. The van der Waals surface area contributed by atoms with Gasteiger partial charge in [0.15, 0.2) is 11.5 Å². The van der Waals surface area contributed by atoms with Crippen molar-refractivity contribution in [1.29, 1.82) is 0 Å². The van der Waals surface area contributed by atoms with E-state index in [1.807, 2.05) is 26.0 Å². The monoisotopic (exact) mass is 255 g/mol. The van der Waals surface area contributed by atoms with Crippen molar-refractivity contribution in [2.24, 2.45) is 0 Å². The molecular formula is C16H17NO2. The summed E-state index contributed by atoms with van der Waals surface area (Å²) < 4.78 is 11.4. The van der Waals surface area contributed by atoms with Crippen LogP contribution in [0.4, 0.5) is 0 Å². The van der Waals surface area contributed by atoms with Crippen molar-refractivity contribution >= 4 is 0 Å². The molecule has 1 aliphatic rings. The van der Waals surface area contributed by atoms with E-state index in [4.69, 9.17) is 22.3 Å². The Morgan fingerprint density at radius 2 is 1.89 bits per heavy atom. The third-order valence-corrected chi connectivity index (χ3v) is 2.83. The zero-order valence-corrected chi connectivity index (χ0v) is 11.2. The van der Waals surface area contributed by atoms with Crippen molar-refractivity contribution in [2.45, 2.75) is 26.1 Å². The topological polar surface area (TPSA) is 30.5 Å². The molecule has 19 heavy (non-hydrogen) atoms. The van der Waals surface area contributed by atoms with Gasteiger partial charge in [-0.25, -0.2) is 0 Å². The summed E-state index contributed by atoms with van der Waals surface area (Å²) in [4.78, 5) is 0. The summed E-state index contributed by atoms with van der Waals surface area (Å²) >= 11 is 0. The standard InChI is InChI=1S/C16H17NO2/c1-5-8-17-9-7-13-11-15-14(10-12(13)6-2)18-16(3,4)19-15/h1-2,10-11,17H,7-9H2,3-4H3. The molecule has 0 spiro atoms. The molecule has 0 amide bonds. The third kappa shape index (κ3) is 3.02. The number of ether oxygens (including phenoxy) is 2. The summed E-state index contributed by atoms with van der Waals surface area (Å²) in [6.07, 6.45) is 11.5. The van der Waals surface area contributed by atoms with E-state index < -0.39 is 5.79 Å². The van der Waals surface area contributed by atoms with Crippen molar-refractivity contribution < 1.29 is 9.47 Å². The first kappa shape index (κ1) is 13.3. The first-order valence-electron chi connectivity index (χ1n) is 6.21. The van der Waals surface area contributed by atoms with Gasteiger partial charge in [0.1, 0.15) is 0 Å². The van der Waals surface area contributed by atoms with E-state index in [0.29, 0.717) is 12.3 Å². The molecule has 0 aromatic heterocycles. The highest BCUT2D eigenvalue weighted by Crippen LogP contribution is 2.40. The maximum absolute atomic E-state index is 5.72. The maximum Gasteiger partial charge on any atom is 0.246 e. The summed E-state index contributed by atoms with van der Waals surface area (Å²) in [5, 5.41) is 3.14. The minimum atomic E-state index is -0.630. The summed E-state index contributed by atoms with van der Waals surface area (Å²) in [6, 6.07) is 3.82. The van der Waals surface area contributed by atoms with Crippen molar-refractivity contribution in [2.75, 3.05) is 13.1 Å². The van der Waals surface area contributed by atoms with Crippen molar-refractivity contribution in [1.82, 2.24) is 5.32 Å². The maximum atomic E-state index is 5.72. The van der Waals surface area contributed by atoms with Gasteiger partial charge in [-0.05, 0) is 18.1 Å².